The van der Waals surface area contributed by atoms with Gasteiger partial charge in [0.05, 0.1) is 14.2 Å². The van der Waals surface area contributed by atoms with E-state index >= 15 is 0 Å². The van der Waals surface area contributed by atoms with Crippen LogP contribution in [-0.4, -0.2) is 75.2 Å². The molecule has 44 heavy (non-hydrogen) atoms. The van der Waals surface area contributed by atoms with Crippen molar-refractivity contribution in [2.75, 3.05) is 27.3 Å². The molecule has 1 fully saturated rings. The maximum Gasteiger partial charge on any atom is 0.426 e. The Bertz CT molecular complexity index is 1290. The van der Waals surface area contributed by atoms with E-state index in [0.29, 0.717) is 50.1 Å². The van der Waals surface area contributed by atoms with Crippen LogP contribution in [0.15, 0.2) is 14.4 Å². The number of urea groups is 2. The Kier molecular flexibility index (Phi) is 15.2. The zero-order chi connectivity index (χ0) is 32.6. The van der Waals surface area contributed by atoms with Crippen LogP contribution in [0.25, 0.3) is 0 Å². The maximum absolute atomic E-state index is 13.4. The fourth-order valence-electron chi connectivity index (χ4n) is 4.92. The molecule has 16 heteroatoms. The Balaban J connectivity index is 1.99. The van der Waals surface area contributed by atoms with Gasteiger partial charge < -0.3 is 14.8 Å². The number of hydrogen-bond donors (Lipinski definition) is 2. The molecule has 1 saturated heterocycles. The Hall–Kier alpha value is -4.11. The van der Waals surface area contributed by atoms with Gasteiger partial charge in [-0.2, -0.15) is 0 Å². The third-order valence-electron chi connectivity index (χ3n) is 7.51. The van der Waals surface area contributed by atoms with Crippen molar-refractivity contribution < 1.29 is 28.7 Å². The number of nitrogens with zero attached hydrogens (tertiary/aromatic N) is 5. The summed E-state index contributed by atoms with van der Waals surface area (Å²) < 4.78 is 12.4. The van der Waals surface area contributed by atoms with E-state index in [1.165, 1.54) is 11.7 Å². The zero-order valence-electron chi connectivity index (χ0n) is 26.3. The van der Waals surface area contributed by atoms with Gasteiger partial charge in [0.15, 0.2) is 0 Å². The highest BCUT2D eigenvalue weighted by molar-refractivity contribution is 6.12. The minimum Gasteiger partial charge on any atom is -0.453 e. The molecule has 2 N–H and O–H groups in total. The largest absolute Gasteiger partial charge is 0.453 e. The molecule has 0 bridgehead atoms. The van der Waals surface area contributed by atoms with Crippen LogP contribution >= 0.6 is 0 Å². The number of aromatic nitrogens is 3. The lowest BCUT2D eigenvalue weighted by atomic mass is 10.1. The summed E-state index contributed by atoms with van der Waals surface area (Å²) in [5, 5.41) is 3.18. The van der Waals surface area contributed by atoms with Crippen LogP contribution < -0.4 is 27.8 Å². The molecule has 1 aromatic rings. The second-order valence-corrected chi connectivity index (χ2v) is 10.8. The predicted octanol–water partition coefficient (Wildman–Crippen LogP) is 2.92. The third-order valence-corrected chi connectivity index (χ3v) is 7.51. The summed E-state index contributed by atoms with van der Waals surface area (Å²) in [6.45, 7) is 4.86. The lowest BCUT2D eigenvalue weighted by molar-refractivity contribution is 0.0759. The number of alkyl carbamates (subject to hydrolysis) is 1. The van der Waals surface area contributed by atoms with Crippen LogP contribution in [0.4, 0.5) is 19.2 Å². The molecule has 0 spiro atoms. The summed E-state index contributed by atoms with van der Waals surface area (Å²) >= 11 is 0. The second-order valence-electron chi connectivity index (χ2n) is 10.8. The van der Waals surface area contributed by atoms with Gasteiger partial charge in [-0.25, -0.2) is 57.6 Å². The summed E-state index contributed by atoms with van der Waals surface area (Å²) in [4.78, 5) is 87.5. The maximum atomic E-state index is 13.4. The summed E-state index contributed by atoms with van der Waals surface area (Å²) in [5.41, 5.74) is 0.201. The molecule has 248 valence electrons. The summed E-state index contributed by atoms with van der Waals surface area (Å²) in [6, 6.07) is -1.66. The van der Waals surface area contributed by atoms with Crippen LogP contribution in [-0.2, 0) is 22.6 Å². The van der Waals surface area contributed by atoms with Gasteiger partial charge in [0.25, 0.3) is 0 Å². The first-order valence-electron chi connectivity index (χ1n) is 15.4. The van der Waals surface area contributed by atoms with Gasteiger partial charge in [-0.1, -0.05) is 51.9 Å². The van der Waals surface area contributed by atoms with Crippen molar-refractivity contribution in [3.8, 4) is 0 Å². The van der Waals surface area contributed by atoms with Gasteiger partial charge >= 0.3 is 41.3 Å². The van der Waals surface area contributed by atoms with Crippen LogP contribution in [0.5, 0.6) is 0 Å². The number of carbonyl (C=O) groups is 4. The molecule has 2 heterocycles. The van der Waals surface area contributed by atoms with Gasteiger partial charge in [0.1, 0.15) is 0 Å². The highest BCUT2D eigenvalue weighted by Gasteiger charge is 2.44. The topological polar surface area (TPSA) is 183 Å². The molecule has 1 unspecified atom stereocenters. The van der Waals surface area contributed by atoms with E-state index in [0.717, 1.165) is 59.7 Å². The second kappa shape index (κ2) is 18.5. The number of hydrazine groups is 1. The van der Waals surface area contributed by atoms with E-state index in [9.17, 15) is 33.6 Å². The molecule has 6 amide bonds. The molecule has 0 saturated carbocycles. The van der Waals surface area contributed by atoms with Gasteiger partial charge in [0.2, 0.25) is 0 Å². The van der Waals surface area contributed by atoms with Gasteiger partial charge in [-0.15, -0.1) is 5.01 Å². The van der Waals surface area contributed by atoms with Crippen molar-refractivity contribution in [1.29, 1.82) is 0 Å². The molecular weight excluding hydrogens is 578 g/mol. The number of amides is 6. The van der Waals surface area contributed by atoms with Crippen molar-refractivity contribution in [2.24, 2.45) is 0 Å². The average molecular weight is 626 g/mol. The van der Waals surface area contributed by atoms with Gasteiger partial charge in [-0.05, 0) is 39.0 Å². The number of unbranched alkanes of at least 4 members (excludes halogenated alkanes) is 8. The van der Waals surface area contributed by atoms with E-state index in [4.69, 9.17) is 0 Å². The van der Waals surface area contributed by atoms with Crippen molar-refractivity contribution in [3.05, 3.63) is 31.5 Å². The Morgan fingerprint density at radius 1 is 0.682 bits per heavy atom. The van der Waals surface area contributed by atoms with Crippen LogP contribution in [0, 0.1) is 0 Å². The smallest absolute Gasteiger partial charge is 0.426 e. The van der Waals surface area contributed by atoms with Crippen molar-refractivity contribution in [1.82, 2.24) is 34.4 Å². The zero-order valence-corrected chi connectivity index (χ0v) is 26.3. The van der Waals surface area contributed by atoms with Crippen molar-refractivity contribution >= 4 is 24.2 Å². The Labute approximate surface area is 256 Å². The van der Waals surface area contributed by atoms with E-state index in [1.807, 2.05) is 12.3 Å². The minimum absolute atomic E-state index is 0.136. The quantitative estimate of drug-likeness (QED) is 0.206. The summed E-state index contributed by atoms with van der Waals surface area (Å²) in [5.74, 6) is 0. The van der Waals surface area contributed by atoms with E-state index in [2.05, 4.69) is 21.7 Å². The van der Waals surface area contributed by atoms with Crippen LogP contribution in [0.1, 0.15) is 96.9 Å². The molecule has 1 aliphatic rings. The van der Waals surface area contributed by atoms with E-state index in [1.54, 1.807) is 0 Å². The lowest BCUT2D eigenvalue weighted by Crippen LogP contribution is -2.69. The number of carbonyl (C=O) groups excluding carboxylic acids is 4. The lowest BCUT2D eigenvalue weighted by Gasteiger charge is -2.37. The molecule has 0 aromatic carbocycles. The molecule has 16 nitrogen and oxygen atoms in total. The number of methoxy groups -OCH3 is 2. The number of rotatable bonds is 20. The molecule has 1 atom stereocenters. The first-order valence-corrected chi connectivity index (χ1v) is 15.4. The van der Waals surface area contributed by atoms with Gasteiger partial charge in [0, 0.05) is 32.2 Å². The standard InChI is InChI=1S/C28H47N7O9/c1-5-6-11-16-21(2)34-25(39)31(18-13-8-7-12-17-29-22(36)43-3)24(38)32(26(34)40)19-14-9-10-15-20-33-27(41)35(28(33)42)30-23(37)44-4/h21H,5-20H2,1-4H3,(H,29,36)(H,30,37). The SMILES string of the molecule is CCCCCC(C)n1c(=O)n(CCCCCCNC(=O)OC)c(=O)n(CCCCCCN2C(=O)N(NC(=O)OC)C2=O)c1=O. The van der Waals surface area contributed by atoms with Crippen LogP contribution in [0.2, 0.25) is 0 Å². The number of imide groups is 2. The number of nitrogens with one attached hydrogen (secondary N) is 2. The van der Waals surface area contributed by atoms with Crippen molar-refractivity contribution in [2.45, 2.75) is 110 Å². The van der Waals surface area contributed by atoms with Gasteiger partial charge in [-0.3, -0.25) is 0 Å². The number of ether oxygens (including phenoxy) is 2. The Morgan fingerprint density at radius 3 is 1.73 bits per heavy atom. The first kappa shape index (κ1) is 36.1. The molecule has 0 radical (unpaired) electrons. The predicted molar refractivity (Wildman–Crippen MR) is 160 cm³/mol. The van der Waals surface area contributed by atoms with Crippen molar-refractivity contribution in [3.63, 3.8) is 0 Å². The Morgan fingerprint density at radius 2 is 1.20 bits per heavy atom. The molecule has 0 aliphatic carbocycles. The van der Waals surface area contributed by atoms with Crippen LogP contribution in [0.3, 0.4) is 0 Å². The average Bonchev–Trinajstić information content (AvgIpc) is 3.01. The first-order chi connectivity index (χ1) is 21.1. The van der Waals surface area contributed by atoms with E-state index in [-0.39, 0.29) is 25.7 Å². The summed E-state index contributed by atoms with van der Waals surface area (Å²) in [7, 11) is 2.42. The summed E-state index contributed by atoms with van der Waals surface area (Å²) in [6.07, 6.45) is 7.13. The highest BCUT2D eigenvalue weighted by atomic mass is 16.5. The number of hydrogen-bond acceptors (Lipinski definition) is 9. The molecule has 2 rings (SSSR count). The molecular formula is C28H47N7O9. The minimum atomic E-state index is -0.924. The third kappa shape index (κ3) is 9.98. The van der Waals surface area contributed by atoms with E-state index < -0.39 is 41.3 Å². The molecule has 1 aromatic heterocycles. The fraction of sp³-hybridized carbons (Fsp3) is 0.750. The fourth-order valence-corrected chi connectivity index (χ4v) is 4.92. The highest BCUT2D eigenvalue weighted by Crippen LogP contribution is 2.16. The molecule has 1 aliphatic heterocycles. The monoisotopic (exact) mass is 625 g/mol. The normalized spacial score (nSPS) is 13.5.